The van der Waals surface area contributed by atoms with Gasteiger partial charge in [-0.3, -0.25) is 0 Å². The molecule has 1 fully saturated rings. The summed E-state index contributed by atoms with van der Waals surface area (Å²) in [6.45, 7) is 5.82. The summed E-state index contributed by atoms with van der Waals surface area (Å²) in [5.74, 6) is 1.42. The van der Waals surface area contributed by atoms with E-state index in [1.165, 1.54) is 0 Å². The fourth-order valence-electron chi connectivity index (χ4n) is 3.19. The van der Waals surface area contributed by atoms with E-state index in [1.54, 1.807) is 35.6 Å². The number of aryl methyl sites for hydroxylation is 2. The van der Waals surface area contributed by atoms with Crippen molar-refractivity contribution in [3.05, 3.63) is 42.0 Å². The van der Waals surface area contributed by atoms with Crippen molar-refractivity contribution >= 4 is 22.4 Å². The molecule has 1 aliphatic heterocycles. The quantitative estimate of drug-likeness (QED) is 0.829. The molecule has 0 bridgehead atoms. The number of benzene rings is 1. The first kappa shape index (κ1) is 20.7. The number of aromatic nitrogens is 2. The zero-order valence-electron chi connectivity index (χ0n) is 15.2. The molecule has 26 heavy (non-hydrogen) atoms. The molecule has 1 aliphatic rings. The fraction of sp³-hybridized carbons (Fsp3) is 0.471. The SMILES string of the molecule is CCOc1ccc(S(=O)(=O)N2CCNCC2c2nccn2C)c(C)c1.Cl. The molecule has 1 saturated heterocycles. The van der Waals surface area contributed by atoms with Gasteiger partial charge in [-0.25, -0.2) is 13.4 Å². The van der Waals surface area contributed by atoms with E-state index in [2.05, 4.69) is 10.3 Å². The van der Waals surface area contributed by atoms with Crippen LogP contribution in [0.1, 0.15) is 24.4 Å². The zero-order chi connectivity index (χ0) is 18.0. The Hall–Kier alpha value is -1.61. The zero-order valence-corrected chi connectivity index (χ0v) is 16.8. The van der Waals surface area contributed by atoms with Gasteiger partial charge in [0.1, 0.15) is 11.6 Å². The first-order chi connectivity index (χ1) is 11.9. The van der Waals surface area contributed by atoms with Gasteiger partial charge in [-0.2, -0.15) is 4.31 Å². The Labute approximate surface area is 160 Å². The molecule has 0 aliphatic carbocycles. The highest BCUT2D eigenvalue weighted by atomic mass is 35.5. The van der Waals surface area contributed by atoms with E-state index in [0.717, 1.165) is 5.82 Å². The average molecular weight is 401 g/mol. The van der Waals surface area contributed by atoms with Crippen molar-refractivity contribution in [2.75, 3.05) is 26.2 Å². The minimum atomic E-state index is -3.63. The van der Waals surface area contributed by atoms with Crippen molar-refractivity contribution in [3.8, 4) is 5.75 Å². The van der Waals surface area contributed by atoms with Crippen LogP contribution in [0.4, 0.5) is 0 Å². The van der Waals surface area contributed by atoms with E-state index >= 15 is 0 Å². The summed E-state index contributed by atoms with van der Waals surface area (Å²) in [6.07, 6.45) is 3.52. The predicted molar refractivity (Wildman–Crippen MR) is 102 cm³/mol. The summed E-state index contributed by atoms with van der Waals surface area (Å²) in [6, 6.07) is 4.79. The van der Waals surface area contributed by atoms with Crippen LogP contribution in [-0.4, -0.2) is 48.5 Å². The number of sulfonamides is 1. The first-order valence-electron chi connectivity index (χ1n) is 8.38. The molecule has 0 spiro atoms. The largest absolute Gasteiger partial charge is 0.494 e. The van der Waals surface area contributed by atoms with E-state index in [0.29, 0.717) is 42.4 Å². The number of imidazole rings is 1. The van der Waals surface area contributed by atoms with Crippen LogP contribution in [0, 0.1) is 6.92 Å². The molecule has 9 heteroatoms. The monoisotopic (exact) mass is 400 g/mol. The molecule has 1 aromatic heterocycles. The lowest BCUT2D eigenvalue weighted by molar-refractivity contribution is 0.258. The fourth-order valence-corrected chi connectivity index (χ4v) is 4.98. The lowest BCUT2D eigenvalue weighted by Crippen LogP contribution is -2.49. The van der Waals surface area contributed by atoms with Crippen LogP contribution in [0.5, 0.6) is 5.75 Å². The van der Waals surface area contributed by atoms with Gasteiger partial charge in [-0.05, 0) is 37.6 Å². The van der Waals surface area contributed by atoms with Crippen LogP contribution < -0.4 is 10.1 Å². The summed E-state index contributed by atoms with van der Waals surface area (Å²) < 4.78 is 35.5. The van der Waals surface area contributed by atoms with Crippen molar-refractivity contribution in [3.63, 3.8) is 0 Å². The third-order valence-corrected chi connectivity index (χ3v) is 6.46. The van der Waals surface area contributed by atoms with Gasteiger partial charge in [0.2, 0.25) is 10.0 Å². The normalized spacial score (nSPS) is 18.3. The second-order valence-electron chi connectivity index (χ2n) is 6.09. The van der Waals surface area contributed by atoms with Gasteiger partial charge in [0.15, 0.2) is 0 Å². The standard InChI is InChI=1S/C17H24N4O3S.ClH/c1-4-24-14-5-6-16(13(2)11-14)25(22,23)21-10-7-18-12-15(21)17-19-8-9-20(17)3;/h5-6,8-9,11,15,18H,4,7,10,12H2,1-3H3;1H. The van der Waals surface area contributed by atoms with Crippen molar-refractivity contribution < 1.29 is 13.2 Å². The van der Waals surface area contributed by atoms with Gasteiger partial charge < -0.3 is 14.6 Å². The summed E-state index contributed by atoms with van der Waals surface area (Å²) in [5, 5.41) is 3.26. The van der Waals surface area contributed by atoms with E-state index in [4.69, 9.17) is 4.74 Å². The number of hydrogen-bond acceptors (Lipinski definition) is 5. The molecule has 0 radical (unpaired) electrons. The smallest absolute Gasteiger partial charge is 0.244 e. The summed E-state index contributed by atoms with van der Waals surface area (Å²) in [5.41, 5.74) is 0.683. The lowest BCUT2D eigenvalue weighted by atomic mass is 10.2. The van der Waals surface area contributed by atoms with Crippen molar-refractivity contribution in [1.82, 2.24) is 19.2 Å². The highest BCUT2D eigenvalue weighted by Gasteiger charge is 2.37. The molecular formula is C17H25ClN4O3S. The number of piperazine rings is 1. The Morgan fingerprint density at radius 1 is 1.38 bits per heavy atom. The van der Waals surface area contributed by atoms with Gasteiger partial charge in [0.05, 0.1) is 17.5 Å². The molecule has 1 atom stereocenters. The Bertz CT molecular complexity index is 853. The highest BCUT2D eigenvalue weighted by molar-refractivity contribution is 7.89. The maximum Gasteiger partial charge on any atom is 0.244 e. The summed E-state index contributed by atoms with van der Waals surface area (Å²) >= 11 is 0. The maximum absolute atomic E-state index is 13.3. The van der Waals surface area contributed by atoms with E-state index < -0.39 is 10.0 Å². The molecule has 3 rings (SSSR count). The van der Waals surface area contributed by atoms with Gasteiger partial charge in [0, 0.05) is 39.1 Å². The predicted octanol–water partition coefficient (Wildman–Crippen LogP) is 1.88. The van der Waals surface area contributed by atoms with E-state index in [9.17, 15) is 8.42 Å². The van der Waals surface area contributed by atoms with E-state index in [1.807, 2.05) is 24.7 Å². The minimum absolute atomic E-state index is 0. The molecule has 1 aromatic carbocycles. The topological polar surface area (TPSA) is 76.5 Å². The molecule has 1 N–H and O–H groups in total. The Balaban J connectivity index is 0.00000243. The Morgan fingerprint density at radius 3 is 2.77 bits per heavy atom. The van der Waals surface area contributed by atoms with Crippen LogP contribution in [-0.2, 0) is 17.1 Å². The second kappa shape index (κ2) is 8.39. The molecule has 2 aromatic rings. The number of nitrogens with zero attached hydrogens (tertiary/aromatic N) is 3. The molecule has 0 saturated carbocycles. The first-order valence-corrected chi connectivity index (χ1v) is 9.82. The highest BCUT2D eigenvalue weighted by Crippen LogP contribution is 2.30. The van der Waals surface area contributed by atoms with Crippen LogP contribution in [0.3, 0.4) is 0 Å². The molecule has 1 unspecified atom stereocenters. The third-order valence-electron chi connectivity index (χ3n) is 4.39. The Kier molecular flexibility index (Phi) is 6.68. The van der Waals surface area contributed by atoms with Gasteiger partial charge >= 0.3 is 0 Å². The van der Waals surface area contributed by atoms with Crippen molar-refractivity contribution in [2.24, 2.45) is 7.05 Å². The van der Waals surface area contributed by atoms with Crippen LogP contribution >= 0.6 is 12.4 Å². The van der Waals surface area contributed by atoms with Gasteiger partial charge in [-0.1, -0.05) is 0 Å². The third kappa shape index (κ3) is 3.88. The minimum Gasteiger partial charge on any atom is -0.494 e. The van der Waals surface area contributed by atoms with Gasteiger partial charge in [-0.15, -0.1) is 12.4 Å². The second-order valence-corrected chi connectivity index (χ2v) is 7.95. The van der Waals surface area contributed by atoms with E-state index in [-0.39, 0.29) is 18.4 Å². The number of ether oxygens (including phenoxy) is 1. The lowest BCUT2D eigenvalue weighted by Gasteiger charge is -2.35. The molecule has 144 valence electrons. The van der Waals surface area contributed by atoms with Crippen molar-refractivity contribution in [2.45, 2.75) is 24.8 Å². The van der Waals surface area contributed by atoms with Crippen molar-refractivity contribution in [1.29, 1.82) is 0 Å². The molecule has 7 nitrogen and oxygen atoms in total. The van der Waals surface area contributed by atoms with Gasteiger partial charge in [0.25, 0.3) is 0 Å². The van der Waals surface area contributed by atoms with Crippen LogP contribution in [0.25, 0.3) is 0 Å². The number of rotatable bonds is 5. The van der Waals surface area contributed by atoms with Crippen LogP contribution in [0.2, 0.25) is 0 Å². The average Bonchev–Trinajstić information content (AvgIpc) is 3.01. The molecule has 0 amide bonds. The summed E-state index contributed by atoms with van der Waals surface area (Å²) in [7, 11) is -1.75. The molecular weight excluding hydrogens is 376 g/mol. The number of hydrogen-bond donors (Lipinski definition) is 1. The van der Waals surface area contributed by atoms with Crippen LogP contribution in [0.15, 0.2) is 35.5 Å². The summed E-state index contributed by atoms with van der Waals surface area (Å²) in [4.78, 5) is 4.67. The molecule has 2 heterocycles. The Morgan fingerprint density at radius 2 is 2.15 bits per heavy atom. The maximum atomic E-state index is 13.3. The number of nitrogens with one attached hydrogen (secondary N) is 1. The number of halogens is 1.